The van der Waals surface area contributed by atoms with E-state index < -0.39 is 0 Å². The van der Waals surface area contributed by atoms with Gasteiger partial charge >= 0.3 is 0 Å². The second-order valence-corrected chi connectivity index (χ2v) is 4.99. The third-order valence-corrected chi connectivity index (χ3v) is 3.15. The molecule has 16 heavy (non-hydrogen) atoms. The standard InChI is InChI=1S/C11H13IN2OS/c12-9-5-2-1-4-8(9)11(15)14-7-3-6-10(13)16/h1-2,4-5H,3,6-7H2,(H2,13,16)(H,14,15). The van der Waals surface area contributed by atoms with Crippen LogP contribution < -0.4 is 11.1 Å². The van der Waals surface area contributed by atoms with Crippen LogP contribution in [0.5, 0.6) is 0 Å². The van der Waals surface area contributed by atoms with E-state index in [4.69, 9.17) is 18.0 Å². The molecule has 0 radical (unpaired) electrons. The maximum atomic E-state index is 11.7. The van der Waals surface area contributed by atoms with Gasteiger partial charge < -0.3 is 11.1 Å². The molecule has 0 spiro atoms. The number of carbonyl (C=O) groups is 1. The molecule has 1 rings (SSSR count). The maximum Gasteiger partial charge on any atom is 0.252 e. The Morgan fingerprint density at radius 1 is 1.44 bits per heavy atom. The molecule has 0 saturated heterocycles. The minimum atomic E-state index is -0.0482. The van der Waals surface area contributed by atoms with Crippen molar-refractivity contribution in [2.75, 3.05) is 6.54 Å². The quantitative estimate of drug-likeness (QED) is 0.487. The predicted molar refractivity (Wildman–Crippen MR) is 77.5 cm³/mol. The Kier molecular flexibility index (Phi) is 5.68. The van der Waals surface area contributed by atoms with Crippen LogP contribution in [0.15, 0.2) is 24.3 Å². The van der Waals surface area contributed by atoms with Crippen molar-refractivity contribution in [1.29, 1.82) is 0 Å². The number of benzene rings is 1. The highest BCUT2D eigenvalue weighted by Crippen LogP contribution is 2.10. The fourth-order valence-electron chi connectivity index (χ4n) is 1.21. The van der Waals surface area contributed by atoms with Crippen LogP contribution >= 0.6 is 34.8 Å². The third kappa shape index (κ3) is 4.44. The van der Waals surface area contributed by atoms with E-state index in [1.807, 2.05) is 24.3 Å². The van der Waals surface area contributed by atoms with Crippen molar-refractivity contribution in [2.24, 2.45) is 5.73 Å². The molecule has 1 aromatic rings. The first-order valence-corrected chi connectivity index (χ1v) is 6.41. The van der Waals surface area contributed by atoms with Crippen LogP contribution in [-0.4, -0.2) is 17.4 Å². The minimum Gasteiger partial charge on any atom is -0.393 e. The SMILES string of the molecule is NC(=S)CCCNC(=O)c1ccccc1I. The summed E-state index contributed by atoms with van der Waals surface area (Å²) in [5.41, 5.74) is 6.07. The fraction of sp³-hybridized carbons (Fsp3) is 0.273. The van der Waals surface area contributed by atoms with Crippen LogP contribution in [0.4, 0.5) is 0 Å². The van der Waals surface area contributed by atoms with Crippen LogP contribution in [0.2, 0.25) is 0 Å². The van der Waals surface area contributed by atoms with Crippen LogP contribution in [0, 0.1) is 3.57 Å². The molecule has 0 unspecified atom stereocenters. The minimum absolute atomic E-state index is 0.0482. The normalized spacial score (nSPS) is 9.81. The topological polar surface area (TPSA) is 55.1 Å². The first-order valence-electron chi connectivity index (χ1n) is 4.92. The molecule has 0 saturated carbocycles. The van der Waals surface area contributed by atoms with Crippen molar-refractivity contribution in [3.8, 4) is 0 Å². The van der Waals surface area contributed by atoms with E-state index in [-0.39, 0.29) is 5.91 Å². The first-order chi connectivity index (χ1) is 7.61. The zero-order valence-electron chi connectivity index (χ0n) is 8.70. The molecule has 0 aromatic heterocycles. The van der Waals surface area contributed by atoms with Gasteiger partial charge in [0.05, 0.1) is 10.6 Å². The summed E-state index contributed by atoms with van der Waals surface area (Å²) in [7, 11) is 0. The molecule has 0 aliphatic carbocycles. The van der Waals surface area contributed by atoms with Gasteiger partial charge in [-0.25, -0.2) is 0 Å². The van der Waals surface area contributed by atoms with Crippen molar-refractivity contribution in [2.45, 2.75) is 12.8 Å². The maximum absolute atomic E-state index is 11.7. The number of halogens is 1. The van der Waals surface area contributed by atoms with Gasteiger partial charge in [0.2, 0.25) is 0 Å². The molecule has 1 amide bonds. The van der Waals surface area contributed by atoms with E-state index in [1.165, 1.54) is 0 Å². The Hall–Kier alpha value is -0.690. The second kappa shape index (κ2) is 6.80. The lowest BCUT2D eigenvalue weighted by Gasteiger charge is -2.06. The van der Waals surface area contributed by atoms with Gasteiger partial charge in [0, 0.05) is 10.1 Å². The van der Waals surface area contributed by atoms with Crippen molar-refractivity contribution in [3.63, 3.8) is 0 Å². The molecule has 0 aliphatic heterocycles. The largest absolute Gasteiger partial charge is 0.393 e. The lowest BCUT2D eigenvalue weighted by molar-refractivity contribution is 0.0952. The Morgan fingerprint density at radius 2 is 2.12 bits per heavy atom. The summed E-state index contributed by atoms with van der Waals surface area (Å²) >= 11 is 6.90. The summed E-state index contributed by atoms with van der Waals surface area (Å²) < 4.78 is 0.951. The van der Waals surface area contributed by atoms with E-state index in [0.717, 1.165) is 9.99 Å². The molecule has 0 bridgehead atoms. The smallest absolute Gasteiger partial charge is 0.252 e. The van der Waals surface area contributed by atoms with Gasteiger partial charge in [-0.2, -0.15) is 0 Å². The summed E-state index contributed by atoms with van der Waals surface area (Å²) in [5, 5.41) is 2.84. The molecule has 86 valence electrons. The molecule has 0 atom stereocenters. The number of rotatable bonds is 5. The average molecular weight is 348 g/mol. The molecule has 0 fully saturated rings. The first kappa shape index (κ1) is 13.4. The lowest BCUT2D eigenvalue weighted by atomic mass is 10.2. The Balaban J connectivity index is 2.41. The number of amides is 1. The summed E-state index contributed by atoms with van der Waals surface area (Å²) in [6.45, 7) is 0.598. The van der Waals surface area contributed by atoms with E-state index in [2.05, 4.69) is 27.9 Å². The zero-order chi connectivity index (χ0) is 12.0. The highest BCUT2D eigenvalue weighted by atomic mass is 127. The van der Waals surface area contributed by atoms with Crippen LogP contribution in [-0.2, 0) is 0 Å². The molecule has 3 N–H and O–H groups in total. The van der Waals surface area contributed by atoms with Crippen LogP contribution in [0.25, 0.3) is 0 Å². The fourth-order valence-corrected chi connectivity index (χ4v) is 1.98. The van der Waals surface area contributed by atoms with Crippen LogP contribution in [0.3, 0.4) is 0 Å². The molecule has 0 heterocycles. The Morgan fingerprint density at radius 3 is 2.75 bits per heavy atom. The number of hydrogen-bond acceptors (Lipinski definition) is 2. The van der Waals surface area contributed by atoms with Crippen molar-refractivity contribution < 1.29 is 4.79 Å². The number of nitrogens with one attached hydrogen (secondary N) is 1. The van der Waals surface area contributed by atoms with Gasteiger partial charge in [0.15, 0.2) is 0 Å². The summed E-state index contributed by atoms with van der Waals surface area (Å²) in [4.78, 5) is 12.2. The molecule has 0 aliphatic rings. The Bertz CT molecular complexity index is 395. The van der Waals surface area contributed by atoms with Crippen molar-refractivity contribution >= 4 is 45.7 Å². The number of hydrogen-bond donors (Lipinski definition) is 2. The van der Waals surface area contributed by atoms with Gasteiger partial charge in [-0.05, 0) is 47.6 Å². The predicted octanol–water partition coefficient (Wildman–Crippen LogP) is 2.09. The van der Waals surface area contributed by atoms with E-state index in [0.29, 0.717) is 23.5 Å². The monoisotopic (exact) mass is 348 g/mol. The number of thiocarbonyl (C=S) groups is 1. The van der Waals surface area contributed by atoms with Gasteiger partial charge in [0.25, 0.3) is 5.91 Å². The van der Waals surface area contributed by atoms with E-state index in [1.54, 1.807) is 0 Å². The zero-order valence-corrected chi connectivity index (χ0v) is 11.7. The highest BCUT2D eigenvalue weighted by molar-refractivity contribution is 14.1. The van der Waals surface area contributed by atoms with E-state index in [9.17, 15) is 4.79 Å². The summed E-state index contributed by atoms with van der Waals surface area (Å²) in [6, 6.07) is 7.48. The molecular weight excluding hydrogens is 335 g/mol. The van der Waals surface area contributed by atoms with Crippen LogP contribution in [0.1, 0.15) is 23.2 Å². The van der Waals surface area contributed by atoms with Gasteiger partial charge in [-0.15, -0.1) is 0 Å². The third-order valence-electron chi connectivity index (χ3n) is 2.00. The van der Waals surface area contributed by atoms with Gasteiger partial charge in [-0.1, -0.05) is 24.4 Å². The van der Waals surface area contributed by atoms with E-state index >= 15 is 0 Å². The second-order valence-electron chi connectivity index (χ2n) is 3.31. The average Bonchev–Trinajstić information content (AvgIpc) is 2.24. The Labute approximate surface area is 114 Å². The number of carbonyl (C=O) groups excluding carboxylic acids is 1. The van der Waals surface area contributed by atoms with Gasteiger partial charge in [-0.3, -0.25) is 4.79 Å². The summed E-state index contributed by atoms with van der Waals surface area (Å²) in [5.74, 6) is -0.0482. The molecule has 3 nitrogen and oxygen atoms in total. The molecule has 5 heteroatoms. The van der Waals surface area contributed by atoms with Gasteiger partial charge in [0.1, 0.15) is 0 Å². The van der Waals surface area contributed by atoms with Crippen molar-refractivity contribution in [1.82, 2.24) is 5.32 Å². The molecule has 1 aromatic carbocycles. The molecular formula is C11H13IN2OS. The number of nitrogens with two attached hydrogens (primary N) is 1. The van der Waals surface area contributed by atoms with Crippen molar-refractivity contribution in [3.05, 3.63) is 33.4 Å². The lowest BCUT2D eigenvalue weighted by Crippen LogP contribution is -2.26. The summed E-state index contributed by atoms with van der Waals surface area (Å²) in [6.07, 6.45) is 1.45. The highest BCUT2D eigenvalue weighted by Gasteiger charge is 2.07.